The van der Waals surface area contributed by atoms with Crippen LogP contribution in [-0.2, 0) is 17.2 Å². The summed E-state index contributed by atoms with van der Waals surface area (Å²) in [6, 6.07) is 3.60. The first kappa shape index (κ1) is 13.8. The first-order valence-corrected chi connectivity index (χ1v) is 8.71. The zero-order chi connectivity index (χ0) is 14.3. The van der Waals surface area contributed by atoms with E-state index in [1.54, 1.807) is 6.07 Å². The molecular formula is C16H20O3S. The molecule has 0 spiro atoms. The monoisotopic (exact) mass is 292 g/mol. The maximum absolute atomic E-state index is 12.7. The summed E-state index contributed by atoms with van der Waals surface area (Å²) in [5.74, 6) is 0.881. The lowest BCUT2D eigenvalue weighted by Gasteiger charge is -2.16. The minimum absolute atomic E-state index is 0.330. The van der Waals surface area contributed by atoms with Crippen molar-refractivity contribution in [2.45, 2.75) is 49.8 Å². The fourth-order valence-electron chi connectivity index (χ4n) is 2.76. The molecule has 2 aliphatic rings. The summed E-state index contributed by atoms with van der Waals surface area (Å²) < 4.78 is 12.7. The second-order valence-corrected chi connectivity index (χ2v) is 7.33. The van der Waals surface area contributed by atoms with Gasteiger partial charge in [0.05, 0.1) is 16.4 Å². The molecule has 20 heavy (non-hydrogen) atoms. The van der Waals surface area contributed by atoms with Gasteiger partial charge in [-0.3, -0.25) is 4.21 Å². The van der Waals surface area contributed by atoms with Crippen molar-refractivity contribution in [3.8, 4) is 0 Å². The molecule has 2 aliphatic carbocycles. The number of carboxylic acids is 1. The Morgan fingerprint density at radius 2 is 2.00 bits per heavy atom. The molecule has 0 amide bonds. The van der Waals surface area contributed by atoms with Crippen LogP contribution < -0.4 is 0 Å². The van der Waals surface area contributed by atoms with Crippen molar-refractivity contribution in [3.05, 3.63) is 28.8 Å². The lowest BCUT2D eigenvalue weighted by molar-refractivity contribution is 0.0695. The molecule has 0 unspecified atom stereocenters. The van der Waals surface area contributed by atoms with Crippen molar-refractivity contribution in [1.29, 1.82) is 0 Å². The molecule has 0 heterocycles. The fraction of sp³-hybridized carbons (Fsp3) is 0.562. The van der Waals surface area contributed by atoms with E-state index in [4.69, 9.17) is 0 Å². The Labute approximate surface area is 121 Å². The van der Waals surface area contributed by atoms with E-state index in [1.807, 2.05) is 13.0 Å². The number of carboxylic acid groups (broad SMARTS) is 1. The molecule has 1 atom stereocenters. The number of carbonyl (C=O) groups is 1. The second kappa shape index (κ2) is 5.32. The normalized spacial score (nSPS) is 19.9. The number of hydrogen-bond acceptors (Lipinski definition) is 2. The zero-order valence-electron chi connectivity index (χ0n) is 11.7. The van der Waals surface area contributed by atoms with Crippen LogP contribution in [0, 0.1) is 5.92 Å². The van der Waals surface area contributed by atoms with Gasteiger partial charge in [0, 0.05) is 10.6 Å². The molecule has 0 saturated heterocycles. The van der Waals surface area contributed by atoms with Gasteiger partial charge in [0.15, 0.2) is 0 Å². The van der Waals surface area contributed by atoms with E-state index in [2.05, 4.69) is 0 Å². The van der Waals surface area contributed by atoms with Gasteiger partial charge in [-0.25, -0.2) is 4.79 Å². The van der Waals surface area contributed by atoms with Crippen molar-refractivity contribution in [1.82, 2.24) is 0 Å². The Hall–Kier alpha value is -1.16. The van der Waals surface area contributed by atoms with Gasteiger partial charge < -0.3 is 5.11 Å². The predicted octanol–water partition coefficient (Wildman–Crippen LogP) is 3.34. The third-order valence-corrected chi connectivity index (χ3v) is 5.92. The Balaban J connectivity index is 2.07. The van der Waals surface area contributed by atoms with E-state index in [1.165, 1.54) is 12.8 Å². The van der Waals surface area contributed by atoms with Crippen molar-refractivity contribution >= 4 is 16.8 Å². The molecule has 0 radical (unpaired) electrons. The van der Waals surface area contributed by atoms with Gasteiger partial charge in [-0.1, -0.05) is 13.0 Å². The van der Waals surface area contributed by atoms with Crippen LogP contribution in [0.4, 0.5) is 0 Å². The van der Waals surface area contributed by atoms with Crippen LogP contribution in [0.25, 0.3) is 0 Å². The van der Waals surface area contributed by atoms with Gasteiger partial charge >= 0.3 is 5.97 Å². The molecule has 3 rings (SSSR count). The average Bonchev–Trinajstić information content (AvgIpc) is 3.29. The fourth-order valence-corrected chi connectivity index (χ4v) is 4.72. The summed E-state index contributed by atoms with van der Waals surface area (Å²) in [4.78, 5) is 12.2. The Morgan fingerprint density at radius 1 is 1.30 bits per heavy atom. The van der Waals surface area contributed by atoms with E-state index in [0.717, 1.165) is 28.9 Å². The van der Waals surface area contributed by atoms with E-state index < -0.39 is 16.8 Å². The third-order valence-electron chi connectivity index (χ3n) is 4.20. The number of aromatic carboxylic acids is 1. The van der Waals surface area contributed by atoms with Crippen LogP contribution in [0.2, 0.25) is 0 Å². The zero-order valence-corrected chi connectivity index (χ0v) is 12.5. The Kier molecular flexibility index (Phi) is 3.67. The van der Waals surface area contributed by atoms with Gasteiger partial charge in [0.2, 0.25) is 0 Å². The maximum Gasteiger partial charge on any atom is 0.336 e. The van der Waals surface area contributed by atoms with Gasteiger partial charge in [-0.2, -0.15) is 0 Å². The largest absolute Gasteiger partial charge is 0.478 e. The van der Waals surface area contributed by atoms with Crippen LogP contribution in [0.15, 0.2) is 17.0 Å². The first-order valence-electron chi connectivity index (χ1n) is 7.39. The smallest absolute Gasteiger partial charge is 0.336 e. The average molecular weight is 292 g/mol. The van der Waals surface area contributed by atoms with E-state index in [9.17, 15) is 14.1 Å². The van der Waals surface area contributed by atoms with Gasteiger partial charge in [0.1, 0.15) is 0 Å². The highest BCUT2D eigenvalue weighted by molar-refractivity contribution is 7.85. The number of benzene rings is 1. The third kappa shape index (κ3) is 2.66. The number of hydrogen-bond donors (Lipinski definition) is 1. The topological polar surface area (TPSA) is 54.4 Å². The molecule has 1 N–H and O–H groups in total. The molecule has 2 saturated carbocycles. The van der Waals surface area contributed by atoms with Crippen LogP contribution in [0.5, 0.6) is 0 Å². The van der Waals surface area contributed by atoms with Gasteiger partial charge in [-0.15, -0.1) is 0 Å². The Morgan fingerprint density at radius 3 is 2.50 bits per heavy atom. The van der Waals surface area contributed by atoms with Crippen LogP contribution in [0.3, 0.4) is 0 Å². The summed E-state index contributed by atoms with van der Waals surface area (Å²) >= 11 is 0. The minimum atomic E-state index is -1.04. The van der Waals surface area contributed by atoms with E-state index in [0.29, 0.717) is 29.6 Å². The SMILES string of the molecule is CCc1c(C(=O)O)ccc(C2CC2)c1[S@@](=O)CC1CC1. The van der Waals surface area contributed by atoms with Crippen molar-refractivity contribution in [2.75, 3.05) is 5.75 Å². The molecule has 0 aromatic heterocycles. The summed E-state index contributed by atoms with van der Waals surface area (Å²) in [5, 5.41) is 9.34. The number of rotatable bonds is 6. The lowest BCUT2D eigenvalue weighted by Crippen LogP contribution is -2.12. The van der Waals surface area contributed by atoms with Crippen molar-refractivity contribution in [2.24, 2.45) is 5.92 Å². The first-order chi connectivity index (χ1) is 9.61. The van der Waals surface area contributed by atoms with Gasteiger partial charge in [0.25, 0.3) is 0 Å². The van der Waals surface area contributed by atoms with Crippen LogP contribution in [-0.4, -0.2) is 21.0 Å². The van der Waals surface area contributed by atoms with Crippen molar-refractivity contribution < 1.29 is 14.1 Å². The molecule has 0 aliphatic heterocycles. The van der Waals surface area contributed by atoms with Gasteiger partial charge in [-0.05, 0) is 61.1 Å². The lowest BCUT2D eigenvalue weighted by atomic mass is 9.99. The molecule has 1 aromatic rings. The summed E-state index contributed by atoms with van der Waals surface area (Å²) in [6.07, 6.45) is 5.26. The standard InChI is InChI=1S/C16H20O3S/c1-2-12-14(16(17)18)8-7-13(11-5-6-11)15(12)20(19)9-10-3-4-10/h7-8,10-11H,2-6,9H2,1H3,(H,17,18)/t20-/m0/s1. The molecular weight excluding hydrogens is 272 g/mol. The molecule has 1 aromatic carbocycles. The van der Waals surface area contributed by atoms with Crippen molar-refractivity contribution in [3.63, 3.8) is 0 Å². The predicted molar refractivity (Wildman–Crippen MR) is 78.8 cm³/mol. The van der Waals surface area contributed by atoms with Crippen LogP contribution in [0.1, 0.15) is 60.0 Å². The Bertz CT molecular complexity index is 571. The summed E-state index contributed by atoms with van der Waals surface area (Å²) in [7, 11) is -1.04. The minimum Gasteiger partial charge on any atom is -0.478 e. The van der Waals surface area contributed by atoms with E-state index in [-0.39, 0.29) is 0 Å². The molecule has 108 valence electrons. The van der Waals surface area contributed by atoms with Crippen LogP contribution >= 0.6 is 0 Å². The highest BCUT2D eigenvalue weighted by Gasteiger charge is 2.32. The molecule has 3 nitrogen and oxygen atoms in total. The highest BCUT2D eigenvalue weighted by atomic mass is 32.2. The summed E-state index contributed by atoms with van der Waals surface area (Å²) in [5.41, 5.74) is 2.27. The second-order valence-electron chi connectivity index (χ2n) is 5.90. The quantitative estimate of drug-likeness (QED) is 0.875. The summed E-state index contributed by atoms with van der Waals surface area (Å²) in [6.45, 7) is 1.95. The maximum atomic E-state index is 12.7. The molecule has 2 fully saturated rings. The highest BCUT2D eigenvalue weighted by Crippen LogP contribution is 2.44. The molecule has 0 bridgehead atoms. The molecule has 4 heteroatoms. The van der Waals surface area contributed by atoms with E-state index >= 15 is 0 Å².